The van der Waals surface area contributed by atoms with Crippen LogP contribution in [0.4, 0.5) is 10.5 Å². The predicted octanol–water partition coefficient (Wildman–Crippen LogP) is 1.46. The summed E-state index contributed by atoms with van der Waals surface area (Å²) in [4.78, 5) is 35.4. The number of anilines is 1. The van der Waals surface area contributed by atoms with E-state index in [4.69, 9.17) is 5.73 Å². The molecule has 0 heterocycles. The van der Waals surface area contributed by atoms with Crippen LogP contribution in [0, 0.1) is 17.8 Å². The highest BCUT2D eigenvalue weighted by atomic mass is 16.4. The van der Waals surface area contributed by atoms with Gasteiger partial charge in [-0.05, 0) is 23.8 Å². The molecule has 0 radical (unpaired) electrons. The molecule has 2 fully saturated rings. The Hall–Kier alpha value is -3.13. The number of aliphatic carboxylic acids is 2. The van der Waals surface area contributed by atoms with Crippen molar-refractivity contribution in [1.29, 1.82) is 0 Å². The van der Waals surface area contributed by atoms with Gasteiger partial charge in [0.15, 0.2) is 0 Å². The number of rotatable bonds is 4. The largest absolute Gasteiger partial charge is 0.481 e. The van der Waals surface area contributed by atoms with Crippen LogP contribution >= 0.6 is 0 Å². The van der Waals surface area contributed by atoms with Gasteiger partial charge in [0.2, 0.25) is 0 Å². The maximum absolute atomic E-state index is 12.5. The molecule has 8 nitrogen and oxygen atoms in total. The standard InChI is InChI=1S/C19H19N3O5/c20-19(17(25)26)8-12(13-14(15(13)19)16(23)24)22-18(27)21-11-7-3-5-9-4-1-2-6-10(9)11/h1-7,12-15H,8,20H2,(H,23,24)(H,25,26)(H2,21,22,27)/t12-,13-,14-,15+,19-/m1/s1. The number of nitrogens with one attached hydrogen (secondary N) is 2. The fraction of sp³-hybridized carbons (Fsp3) is 0.316. The minimum absolute atomic E-state index is 0.00437. The molecule has 2 aliphatic carbocycles. The summed E-state index contributed by atoms with van der Waals surface area (Å²) in [6.07, 6.45) is 0.00437. The van der Waals surface area contributed by atoms with E-state index < -0.39 is 47.3 Å². The Morgan fingerprint density at radius 2 is 1.78 bits per heavy atom. The number of carboxylic acids is 2. The first-order chi connectivity index (χ1) is 12.8. The molecule has 8 heteroatoms. The van der Waals surface area contributed by atoms with Crippen LogP contribution in [0.1, 0.15) is 6.42 Å². The lowest BCUT2D eigenvalue weighted by atomic mass is 9.90. The Morgan fingerprint density at radius 3 is 2.48 bits per heavy atom. The normalized spacial score (nSPS) is 31.1. The van der Waals surface area contributed by atoms with Gasteiger partial charge < -0.3 is 26.6 Å². The molecule has 2 aromatic carbocycles. The summed E-state index contributed by atoms with van der Waals surface area (Å²) >= 11 is 0. The zero-order valence-corrected chi connectivity index (χ0v) is 14.3. The van der Waals surface area contributed by atoms with Crippen LogP contribution in [0.15, 0.2) is 42.5 Å². The Morgan fingerprint density at radius 1 is 1.07 bits per heavy atom. The third-order valence-corrected chi connectivity index (χ3v) is 5.73. The number of urea groups is 1. The summed E-state index contributed by atoms with van der Waals surface area (Å²) in [5.74, 6) is -4.30. The molecule has 2 amide bonds. The van der Waals surface area contributed by atoms with E-state index in [1.807, 2.05) is 36.4 Å². The first-order valence-electron chi connectivity index (χ1n) is 8.63. The number of hydrogen-bond acceptors (Lipinski definition) is 4. The topological polar surface area (TPSA) is 142 Å². The molecule has 0 saturated heterocycles. The van der Waals surface area contributed by atoms with Crippen LogP contribution < -0.4 is 16.4 Å². The van der Waals surface area contributed by atoms with Crippen LogP contribution in [0.5, 0.6) is 0 Å². The van der Waals surface area contributed by atoms with Crippen molar-refractivity contribution in [2.45, 2.75) is 18.0 Å². The fourth-order valence-corrected chi connectivity index (χ4v) is 4.49. The molecule has 0 aromatic heterocycles. The molecule has 2 saturated carbocycles. The van der Waals surface area contributed by atoms with Crippen molar-refractivity contribution < 1.29 is 24.6 Å². The van der Waals surface area contributed by atoms with E-state index in [-0.39, 0.29) is 6.42 Å². The van der Waals surface area contributed by atoms with Gasteiger partial charge in [-0.25, -0.2) is 4.79 Å². The summed E-state index contributed by atoms with van der Waals surface area (Å²) in [6.45, 7) is 0. The highest BCUT2D eigenvalue weighted by molar-refractivity contribution is 6.01. The first kappa shape index (κ1) is 17.3. The second-order valence-corrected chi connectivity index (χ2v) is 7.25. The van der Waals surface area contributed by atoms with Crippen LogP contribution in [0.3, 0.4) is 0 Å². The van der Waals surface area contributed by atoms with E-state index in [0.717, 1.165) is 10.8 Å². The van der Waals surface area contributed by atoms with Crippen LogP contribution in [-0.4, -0.2) is 39.8 Å². The van der Waals surface area contributed by atoms with Crippen molar-refractivity contribution in [3.05, 3.63) is 42.5 Å². The van der Waals surface area contributed by atoms with Gasteiger partial charge in [0.1, 0.15) is 5.54 Å². The van der Waals surface area contributed by atoms with Crippen molar-refractivity contribution in [2.24, 2.45) is 23.5 Å². The van der Waals surface area contributed by atoms with E-state index in [0.29, 0.717) is 5.69 Å². The van der Waals surface area contributed by atoms with E-state index in [1.165, 1.54) is 0 Å². The lowest BCUT2D eigenvalue weighted by Gasteiger charge is -2.25. The summed E-state index contributed by atoms with van der Waals surface area (Å²) in [6, 6.07) is 12.0. The van der Waals surface area contributed by atoms with Crippen molar-refractivity contribution in [2.75, 3.05) is 5.32 Å². The number of carbonyl (C=O) groups excluding carboxylic acids is 1. The van der Waals surface area contributed by atoms with Crippen molar-refractivity contribution in [1.82, 2.24) is 5.32 Å². The summed E-state index contributed by atoms with van der Waals surface area (Å²) in [7, 11) is 0. The number of carbonyl (C=O) groups is 3. The average molecular weight is 369 g/mol. The smallest absolute Gasteiger partial charge is 0.324 e. The van der Waals surface area contributed by atoms with E-state index in [1.54, 1.807) is 6.07 Å². The SMILES string of the molecule is N[C@]1(C(=O)O)C[C@@H](NC(=O)Nc2cccc3ccccc23)[C@@H]2[C@@H](C(=O)O)[C@H]21. The molecule has 140 valence electrons. The Labute approximate surface area is 154 Å². The molecular weight excluding hydrogens is 350 g/mol. The van der Waals surface area contributed by atoms with E-state index in [2.05, 4.69) is 10.6 Å². The maximum Gasteiger partial charge on any atom is 0.324 e. The molecule has 2 aromatic rings. The quantitative estimate of drug-likeness (QED) is 0.552. The summed E-state index contributed by atoms with van der Waals surface area (Å²) in [5, 5.41) is 26.1. The average Bonchev–Trinajstić information content (AvgIpc) is 3.31. The Balaban J connectivity index is 1.51. The molecule has 0 unspecified atom stereocenters. The predicted molar refractivity (Wildman–Crippen MR) is 97.2 cm³/mol. The Kier molecular flexibility index (Phi) is 3.81. The number of nitrogens with two attached hydrogens (primary N) is 1. The van der Waals surface area contributed by atoms with Crippen LogP contribution in [-0.2, 0) is 9.59 Å². The van der Waals surface area contributed by atoms with Gasteiger partial charge in [-0.1, -0.05) is 36.4 Å². The first-order valence-corrected chi connectivity index (χ1v) is 8.63. The number of carboxylic acid groups (broad SMARTS) is 2. The van der Waals surface area contributed by atoms with Gasteiger partial charge in [-0.15, -0.1) is 0 Å². The summed E-state index contributed by atoms with van der Waals surface area (Å²) < 4.78 is 0. The van der Waals surface area contributed by atoms with Gasteiger partial charge in [-0.2, -0.15) is 0 Å². The molecule has 0 bridgehead atoms. The number of benzene rings is 2. The zero-order valence-electron chi connectivity index (χ0n) is 14.3. The number of hydrogen-bond donors (Lipinski definition) is 5. The number of fused-ring (bicyclic) bond motifs is 2. The second kappa shape index (κ2) is 5.95. The summed E-state index contributed by atoms with van der Waals surface area (Å²) in [5.41, 5.74) is 4.95. The highest BCUT2D eigenvalue weighted by Crippen LogP contribution is 2.61. The Bertz CT molecular complexity index is 956. The van der Waals surface area contributed by atoms with E-state index in [9.17, 15) is 24.6 Å². The van der Waals surface area contributed by atoms with E-state index >= 15 is 0 Å². The molecule has 0 aliphatic heterocycles. The number of amides is 2. The minimum atomic E-state index is -1.63. The minimum Gasteiger partial charge on any atom is -0.481 e. The molecule has 0 spiro atoms. The van der Waals surface area contributed by atoms with Gasteiger partial charge in [0, 0.05) is 17.3 Å². The molecule has 2 aliphatic rings. The van der Waals surface area contributed by atoms with Gasteiger partial charge in [0.05, 0.1) is 11.6 Å². The second-order valence-electron chi connectivity index (χ2n) is 7.25. The van der Waals surface area contributed by atoms with Crippen LogP contribution in [0.25, 0.3) is 10.8 Å². The third kappa shape index (κ3) is 2.69. The lowest BCUT2D eigenvalue weighted by molar-refractivity contribution is -0.145. The molecule has 6 N–H and O–H groups in total. The maximum atomic E-state index is 12.5. The fourth-order valence-electron chi connectivity index (χ4n) is 4.49. The lowest BCUT2D eigenvalue weighted by Crippen LogP contribution is -2.52. The molecular formula is C19H19N3O5. The van der Waals surface area contributed by atoms with Crippen molar-refractivity contribution in [3.63, 3.8) is 0 Å². The molecule has 5 atom stereocenters. The molecule has 27 heavy (non-hydrogen) atoms. The van der Waals surface area contributed by atoms with Gasteiger partial charge in [-0.3, -0.25) is 9.59 Å². The van der Waals surface area contributed by atoms with Crippen molar-refractivity contribution in [3.8, 4) is 0 Å². The van der Waals surface area contributed by atoms with Gasteiger partial charge >= 0.3 is 18.0 Å². The van der Waals surface area contributed by atoms with Crippen molar-refractivity contribution >= 4 is 34.4 Å². The van der Waals surface area contributed by atoms with Gasteiger partial charge in [0.25, 0.3) is 0 Å². The molecule has 4 rings (SSSR count). The van der Waals surface area contributed by atoms with Crippen LogP contribution in [0.2, 0.25) is 0 Å². The zero-order chi connectivity index (χ0) is 19.3. The monoisotopic (exact) mass is 369 g/mol. The highest BCUT2D eigenvalue weighted by Gasteiger charge is 2.74. The third-order valence-electron chi connectivity index (χ3n) is 5.73.